The molecule has 2 aromatic rings. The molecule has 112 valence electrons. The van der Waals surface area contributed by atoms with Gasteiger partial charge in [0.25, 0.3) is 0 Å². The summed E-state index contributed by atoms with van der Waals surface area (Å²) in [6, 6.07) is 9.80. The summed E-state index contributed by atoms with van der Waals surface area (Å²) in [5, 5.41) is 4.07. The van der Waals surface area contributed by atoms with Gasteiger partial charge in [-0.2, -0.15) is 4.98 Å². The van der Waals surface area contributed by atoms with Crippen molar-refractivity contribution in [2.75, 3.05) is 6.61 Å². The molecule has 0 aliphatic heterocycles. The Morgan fingerprint density at radius 1 is 1.33 bits per heavy atom. The summed E-state index contributed by atoms with van der Waals surface area (Å²) in [6.45, 7) is 2.64. The van der Waals surface area contributed by atoms with E-state index in [-0.39, 0.29) is 12.1 Å². The number of aromatic nitrogens is 2. The lowest BCUT2D eigenvalue weighted by Gasteiger charge is -2.11. The van der Waals surface area contributed by atoms with Crippen LogP contribution in [0.1, 0.15) is 49.2 Å². The zero-order valence-corrected chi connectivity index (χ0v) is 12.2. The van der Waals surface area contributed by atoms with Crippen molar-refractivity contribution in [3.8, 4) is 0 Å². The molecule has 5 nitrogen and oxygen atoms in total. The average molecular weight is 287 g/mol. The SMILES string of the molecule is CCOC(c1noc([C@H](N)Cc2ccccc2)n1)C1CC1. The van der Waals surface area contributed by atoms with Crippen molar-refractivity contribution >= 4 is 0 Å². The molecule has 1 saturated carbocycles. The minimum atomic E-state index is -0.282. The summed E-state index contributed by atoms with van der Waals surface area (Å²) in [5.41, 5.74) is 7.33. The number of nitrogens with zero attached hydrogens (tertiary/aromatic N) is 2. The molecule has 5 heteroatoms. The zero-order chi connectivity index (χ0) is 14.7. The second-order valence-electron chi connectivity index (χ2n) is 5.50. The van der Waals surface area contributed by atoms with Gasteiger partial charge in [-0.15, -0.1) is 0 Å². The van der Waals surface area contributed by atoms with E-state index in [4.69, 9.17) is 15.0 Å². The molecule has 1 aliphatic carbocycles. The van der Waals surface area contributed by atoms with Crippen molar-refractivity contribution in [2.45, 2.75) is 38.3 Å². The van der Waals surface area contributed by atoms with Crippen LogP contribution >= 0.6 is 0 Å². The molecule has 1 aromatic carbocycles. The molecule has 2 N–H and O–H groups in total. The summed E-state index contributed by atoms with van der Waals surface area (Å²) in [5.74, 6) is 1.65. The molecular formula is C16H21N3O2. The van der Waals surface area contributed by atoms with E-state index in [9.17, 15) is 0 Å². The normalized spacial score (nSPS) is 17.6. The largest absolute Gasteiger partial charge is 0.370 e. The number of benzene rings is 1. The summed E-state index contributed by atoms with van der Waals surface area (Å²) in [7, 11) is 0. The maximum Gasteiger partial charge on any atom is 0.243 e. The van der Waals surface area contributed by atoms with Crippen LogP contribution in [0.2, 0.25) is 0 Å². The highest BCUT2D eigenvalue weighted by Crippen LogP contribution is 2.42. The van der Waals surface area contributed by atoms with Crippen LogP contribution < -0.4 is 5.73 Å². The maximum atomic E-state index is 6.17. The van der Waals surface area contributed by atoms with Gasteiger partial charge in [0, 0.05) is 6.61 Å². The summed E-state index contributed by atoms with van der Waals surface area (Å²) >= 11 is 0. The van der Waals surface area contributed by atoms with E-state index in [0.717, 1.165) is 5.56 Å². The smallest absolute Gasteiger partial charge is 0.243 e. The first-order valence-electron chi connectivity index (χ1n) is 7.52. The van der Waals surface area contributed by atoms with E-state index in [1.165, 1.54) is 12.8 Å². The third kappa shape index (κ3) is 3.49. The molecule has 0 bridgehead atoms. The fourth-order valence-electron chi connectivity index (χ4n) is 2.47. The maximum absolute atomic E-state index is 6.17. The molecule has 0 saturated heterocycles. The summed E-state index contributed by atoms with van der Waals surface area (Å²) < 4.78 is 11.1. The molecule has 1 heterocycles. The van der Waals surface area contributed by atoms with Gasteiger partial charge in [-0.1, -0.05) is 35.5 Å². The Hall–Kier alpha value is -1.72. The Morgan fingerprint density at radius 3 is 2.76 bits per heavy atom. The van der Waals surface area contributed by atoms with Gasteiger partial charge >= 0.3 is 0 Å². The van der Waals surface area contributed by atoms with Crippen LogP contribution in [0.3, 0.4) is 0 Å². The standard InChI is InChI=1S/C16H21N3O2/c1-2-20-14(12-8-9-12)15-18-16(21-19-15)13(17)10-11-6-4-3-5-7-11/h3-7,12-14H,2,8-10,17H2,1H3/t13-,14?/m1/s1. The number of hydrogen-bond donors (Lipinski definition) is 1. The predicted octanol–water partition coefficient (Wildman–Crippen LogP) is 2.80. The van der Waals surface area contributed by atoms with Gasteiger partial charge in [0.05, 0.1) is 6.04 Å². The van der Waals surface area contributed by atoms with Crippen LogP contribution in [0.15, 0.2) is 34.9 Å². The highest BCUT2D eigenvalue weighted by Gasteiger charge is 2.36. The van der Waals surface area contributed by atoms with Crippen LogP contribution in [0.4, 0.5) is 0 Å². The first kappa shape index (κ1) is 14.2. The molecule has 21 heavy (non-hydrogen) atoms. The fraction of sp³-hybridized carbons (Fsp3) is 0.500. The fourth-order valence-corrected chi connectivity index (χ4v) is 2.47. The summed E-state index contributed by atoms with van der Waals surface area (Å²) in [4.78, 5) is 4.46. The van der Waals surface area contributed by atoms with Gasteiger partial charge in [-0.3, -0.25) is 0 Å². The molecular weight excluding hydrogens is 266 g/mol. The van der Waals surface area contributed by atoms with Crippen LogP contribution in [0.25, 0.3) is 0 Å². The minimum absolute atomic E-state index is 0.0450. The molecule has 2 atom stereocenters. The third-order valence-corrected chi connectivity index (χ3v) is 3.72. The molecule has 1 fully saturated rings. The van der Waals surface area contributed by atoms with Crippen molar-refractivity contribution in [1.82, 2.24) is 10.1 Å². The van der Waals surface area contributed by atoms with Crippen molar-refractivity contribution in [2.24, 2.45) is 11.7 Å². The van der Waals surface area contributed by atoms with Crippen LogP contribution in [0.5, 0.6) is 0 Å². The van der Waals surface area contributed by atoms with E-state index in [1.807, 2.05) is 37.3 Å². The number of rotatable bonds is 7. The zero-order valence-electron chi connectivity index (χ0n) is 12.2. The van der Waals surface area contributed by atoms with E-state index < -0.39 is 0 Å². The van der Waals surface area contributed by atoms with E-state index in [0.29, 0.717) is 30.7 Å². The van der Waals surface area contributed by atoms with Gasteiger partial charge in [-0.05, 0) is 37.7 Å². The van der Waals surface area contributed by atoms with Crippen molar-refractivity contribution in [3.05, 3.63) is 47.6 Å². The van der Waals surface area contributed by atoms with Crippen molar-refractivity contribution in [1.29, 1.82) is 0 Å². The highest BCUT2D eigenvalue weighted by molar-refractivity contribution is 5.16. The number of nitrogens with two attached hydrogens (primary N) is 1. The molecule has 0 radical (unpaired) electrons. The van der Waals surface area contributed by atoms with Gasteiger partial charge in [0.15, 0.2) is 0 Å². The second-order valence-corrected chi connectivity index (χ2v) is 5.50. The van der Waals surface area contributed by atoms with Gasteiger partial charge < -0.3 is 15.0 Å². The molecule has 0 amide bonds. The van der Waals surface area contributed by atoms with Crippen LogP contribution in [-0.4, -0.2) is 16.7 Å². The van der Waals surface area contributed by atoms with E-state index in [1.54, 1.807) is 0 Å². The third-order valence-electron chi connectivity index (χ3n) is 3.72. The highest BCUT2D eigenvalue weighted by atomic mass is 16.5. The van der Waals surface area contributed by atoms with E-state index >= 15 is 0 Å². The van der Waals surface area contributed by atoms with Gasteiger partial charge in [-0.25, -0.2) is 0 Å². The Morgan fingerprint density at radius 2 is 2.10 bits per heavy atom. The Labute approximate surface area is 124 Å². The minimum Gasteiger partial charge on any atom is -0.370 e. The lowest BCUT2D eigenvalue weighted by Crippen LogP contribution is -2.14. The molecule has 1 aliphatic rings. The first-order valence-corrected chi connectivity index (χ1v) is 7.52. The molecule has 1 unspecified atom stereocenters. The Balaban J connectivity index is 1.68. The Bertz CT molecular complexity index is 566. The van der Waals surface area contributed by atoms with Crippen LogP contribution in [0, 0.1) is 5.92 Å². The number of hydrogen-bond acceptors (Lipinski definition) is 5. The monoisotopic (exact) mass is 287 g/mol. The van der Waals surface area contributed by atoms with Crippen molar-refractivity contribution in [3.63, 3.8) is 0 Å². The molecule has 0 spiro atoms. The molecule has 1 aromatic heterocycles. The quantitative estimate of drug-likeness (QED) is 0.847. The van der Waals surface area contributed by atoms with Gasteiger partial charge in [0.1, 0.15) is 6.10 Å². The van der Waals surface area contributed by atoms with E-state index in [2.05, 4.69) is 10.1 Å². The average Bonchev–Trinajstić information content (AvgIpc) is 3.22. The molecule has 3 rings (SSSR count). The number of ether oxygens (including phenoxy) is 1. The first-order chi connectivity index (χ1) is 10.3. The lowest BCUT2D eigenvalue weighted by atomic mass is 10.1. The van der Waals surface area contributed by atoms with Crippen molar-refractivity contribution < 1.29 is 9.26 Å². The predicted molar refractivity (Wildman–Crippen MR) is 78.5 cm³/mol. The summed E-state index contributed by atoms with van der Waals surface area (Å²) in [6.07, 6.45) is 2.98. The second kappa shape index (κ2) is 6.37. The topological polar surface area (TPSA) is 74.2 Å². The Kier molecular flexibility index (Phi) is 4.31. The van der Waals surface area contributed by atoms with Gasteiger partial charge in [0.2, 0.25) is 11.7 Å². The van der Waals surface area contributed by atoms with Crippen LogP contribution in [-0.2, 0) is 11.2 Å². The lowest BCUT2D eigenvalue weighted by molar-refractivity contribution is 0.0384.